The second kappa shape index (κ2) is 8.34. The average Bonchev–Trinajstić information content (AvgIpc) is 2.70. The van der Waals surface area contributed by atoms with Crippen molar-refractivity contribution in [2.24, 2.45) is 0 Å². The Kier molecular flexibility index (Phi) is 5.69. The van der Waals surface area contributed by atoms with Gasteiger partial charge >= 0.3 is 0 Å². The standard InChI is InChI=1S/C20H18FN3O4/c1-27-15-7-9-18(28-2)17(11-15)22-19(25)12-24-20(26)10-8-16(23-24)13-3-5-14(21)6-4-13/h3-11H,12H2,1-2H3,(H,22,25). The first-order valence-electron chi connectivity index (χ1n) is 8.36. The topological polar surface area (TPSA) is 82.4 Å². The third-order valence-electron chi connectivity index (χ3n) is 3.98. The van der Waals surface area contributed by atoms with Crippen molar-refractivity contribution < 1.29 is 18.7 Å². The number of rotatable bonds is 6. The van der Waals surface area contributed by atoms with E-state index in [1.54, 1.807) is 30.3 Å². The predicted molar refractivity (Wildman–Crippen MR) is 102 cm³/mol. The highest BCUT2D eigenvalue weighted by atomic mass is 19.1. The highest BCUT2D eigenvalue weighted by molar-refractivity contribution is 5.92. The molecular weight excluding hydrogens is 365 g/mol. The van der Waals surface area contributed by atoms with E-state index in [0.717, 1.165) is 4.68 Å². The molecule has 0 aliphatic rings. The molecule has 1 aromatic heterocycles. The van der Waals surface area contributed by atoms with Crippen molar-refractivity contribution in [1.82, 2.24) is 9.78 Å². The van der Waals surface area contributed by atoms with Gasteiger partial charge in [0, 0.05) is 17.7 Å². The van der Waals surface area contributed by atoms with Gasteiger partial charge in [0.15, 0.2) is 0 Å². The Morgan fingerprint density at radius 3 is 2.50 bits per heavy atom. The average molecular weight is 383 g/mol. The van der Waals surface area contributed by atoms with Gasteiger partial charge in [0.2, 0.25) is 5.91 Å². The maximum atomic E-state index is 13.1. The van der Waals surface area contributed by atoms with Gasteiger partial charge in [0.25, 0.3) is 5.56 Å². The minimum Gasteiger partial charge on any atom is -0.497 e. The first-order chi connectivity index (χ1) is 13.5. The number of hydrogen-bond acceptors (Lipinski definition) is 5. The van der Waals surface area contributed by atoms with Crippen molar-refractivity contribution in [3.05, 3.63) is 70.8 Å². The molecule has 0 aliphatic carbocycles. The number of carbonyl (C=O) groups is 1. The Balaban J connectivity index is 1.82. The molecule has 3 aromatic rings. The van der Waals surface area contributed by atoms with Gasteiger partial charge in [-0.2, -0.15) is 5.10 Å². The molecule has 2 aromatic carbocycles. The smallest absolute Gasteiger partial charge is 0.267 e. The fourth-order valence-electron chi connectivity index (χ4n) is 2.57. The van der Waals surface area contributed by atoms with Crippen molar-refractivity contribution in [2.45, 2.75) is 6.54 Å². The zero-order valence-corrected chi connectivity index (χ0v) is 15.3. The number of hydrogen-bond donors (Lipinski definition) is 1. The van der Waals surface area contributed by atoms with Crippen molar-refractivity contribution in [2.75, 3.05) is 19.5 Å². The monoisotopic (exact) mass is 383 g/mol. The number of anilines is 1. The maximum absolute atomic E-state index is 13.1. The Morgan fingerprint density at radius 1 is 1.07 bits per heavy atom. The van der Waals surface area contributed by atoms with E-state index in [-0.39, 0.29) is 12.4 Å². The summed E-state index contributed by atoms with van der Waals surface area (Å²) in [5.74, 6) is 0.167. The van der Waals surface area contributed by atoms with Gasteiger partial charge in [-0.05, 0) is 42.5 Å². The summed E-state index contributed by atoms with van der Waals surface area (Å²) in [6.07, 6.45) is 0. The Labute approximate surface area is 160 Å². The van der Waals surface area contributed by atoms with Crippen LogP contribution in [0.5, 0.6) is 11.5 Å². The van der Waals surface area contributed by atoms with Crippen LogP contribution in [-0.4, -0.2) is 29.9 Å². The molecule has 8 heteroatoms. The van der Waals surface area contributed by atoms with E-state index in [1.807, 2.05) is 0 Å². The molecule has 0 unspecified atom stereocenters. The van der Waals surface area contributed by atoms with Crippen molar-refractivity contribution in [3.8, 4) is 22.8 Å². The molecule has 7 nitrogen and oxygen atoms in total. The molecular formula is C20H18FN3O4. The SMILES string of the molecule is COc1ccc(OC)c(NC(=O)Cn2nc(-c3ccc(F)cc3)ccc2=O)c1. The van der Waals surface area contributed by atoms with Gasteiger partial charge in [-0.25, -0.2) is 9.07 Å². The lowest BCUT2D eigenvalue weighted by atomic mass is 10.1. The normalized spacial score (nSPS) is 10.4. The minimum absolute atomic E-state index is 0.297. The molecule has 144 valence electrons. The number of amides is 1. The van der Waals surface area contributed by atoms with Gasteiger partial charge in [-0.1, -0.05) is 0 Å². The molecule has 0 saturated carbocycles. The molecule has 1 amide bonds. The summed E-state index contributed by atoms with van der Waals surface area (Å²) in [4.78, 5) is 24.5. The van der Waals surface area contributed by atoms with E-state index in [0.29, 0.717) is 28.4 Å². The minimum atomic E-state index is -0.461. The van der Waals surface area contributed by atoms with Gasteiger partial charge in [0.1, 0.15) is 23.9 Å². The van der Waals surface area contributed by atoms with Crippen molar-refractivity contribution in [3.63, 3.8) is 0 Å². The quantitative estimate of drug-likeness (QED) is 0.708. The lowest BCUT2D eigenvalue weighted by molar-refractivity contribution is -0.117. The summed E-state index contributed by atoms with van der Waals surface area (Å²) in [7, 11) is 2.99. The molecule has 3 rings (SSSR count). The fraction of sp³-hybridized carbons (Fsp3) is 0.150. The van der Waals surface area contributed by atoms with E-state index >= 15 is 0 Å². The van der Waals surface area contributed by atoms with Crippen molar-refractivity contribution in [1.29, 1.82) is 0 Å². The fourth-order valence-corrected chi connectivity index (χ4v) is 2.57. The van der Waals surface area contributed by atoms with E-state index in [4.69, 9.17) is 9.47 Å². The van der Waals surface area contributed by atoms with Crippen LogP contribution in [0.3, 0.4) is 0 Å². The summed E-state index contributed by atoms with van der Waals surface area (Å²) in [6.45, 7) is -0.297. The van der Waals surface area contributed by atoms with Crippen LogP contribution in [0.2, 0.25) is 0 Å². The van der Waals surface area contributed by atoms with E-state index in [2.05, 4.69) is 10.4 Å². The third kappa shape index (κ3) is 4.35. The number of aromatic nitrogens is 2. The number of nitrogens with zero attached hydrogens (tertiary/aromatic N) is 2. The molecule has 0 aliphatic heterocycles. The van der Waals surface area contributed by atoms with Crippen LogP contribution < -0.4 is 20.3 Å². The molecule has 0 atom stereocenters. The van der Waals surface area contributed by atoms with Crippen molar-refractivity contribution >= 4 is 11.6 Å². The Bertz CT molecular complexity index is 1050. The van der Waals surface area contributed by atoms with Crippen LogP contribution in [0.1, 0.15) is 0 Å². The number of carbonyl (C=O) groups excluding carboxylic acids is 1. The lowest BCUT2D eigenvalue weighted by Crippen LogP contribution is -2.29. The van der Waals surface area contributed by atoms with Gasteiger partial charge in [-0.15, -0.1) is 0 Å². The highest BCUT2D eigenvalue weighted by Crippen LogP contribution is 2.28. The number of halogens is 1. The van der Waals surface area contributed by atoms with Crippen LogP contribution in [0.15, 0.2) is 59.4 Å². The Hall–Kier alpha value is -3.68. The predicted octanol–water partition coefficient (Wildman–Crippen LogP) is 2.71. The molecule has 1 heterocycles. The zero-order valence-electron chi connectivity index (χ0n) is 15.3. The summed E-state index contributed by atoms with van der Waals surface area (Å²) in [5.41, 5.74) is 1.06. The molecule has 28 heavy (non-hydrogen) atoms. The second-order valence-electron chi connectivity index (χ2n) is 5.84. The number of nitrogens with one attached hydrogen (secondary N) is 1. The highest BCUT2D eigenvalue weighted by Gasteiger charge is 2.12. The number of ether oxygens (including phenoxy) is 2. The van der Waals surface area contributed by atoms with E-state index < -0.39 is 11.5 Å². The molecule has 0 spiro atoms. The summed E-state index contributed by atoms with van der Waals surface area (Å²) in [5, 5.41) is 6.88. The molecule has 0 saturated heterocycles. The summed E-state index contributed by atoms with van der Waals surface area (Å²) >= 11 is 0. The molecule has 0 radical (unpaired) electrons. The number of benzene rings is 2. The zero-order chi connectivity index (χ0) is 20.1. The van der Waals surface area contributed by atoms with Gasteiger partial charge in [0.05, 0.1) is 25.6 Å². The molecule has 1 N–H and O–H groups in total. The third-order valence-corrected chi connectivity index (χ3v) is 3.98. The number of methoxy groups -OCH3 is 2. The Morgan fingerprint density at radius 2 is 1.82 bits per heavy atom. The van der Waals surface area contributed by atoms with Crippen LogP contribution in [-0.2, 0) is 11.3 Å². The lowest BCUT2D eigenvalue weighted by Gasteiger charge is -2.12. The van der Waals surface area contributed by atoms with Crippen LogP contribution in [0, 0.1) is 5.82 Å². The van der Waals surface area contributed by atoms with E-state index in [1.165, 1.54) is 38.5 Å². The summed E-state index contributed by atoms with van der Waals surface area (Å²) < 4.78 is 24.5. The maximum Gasteiger partial charge on any atom is 0.267 e. The van der Waals surface area contributed by atoms with Crippen LogP contribution >= 0.6 is 0 Å². The van der Waals surface area contributed by atoms with Crippen LogP contribution in [0.4, 0.5) is 10.1 Å². The van der Waals surface area contributed by atoms with E-state index in [9.17, 15) is 14.0 Å². The largest absolute Gasteiger partial charge is 0.497 e. The first kappa shape index (κ1) is 19.1. The molecule has 0 fully saturated rings. The first-order valence-corrected chi connectivity index (χ1v) is 8.36. The second-order valence-corrected chi connectivity index (χ2v) is 5.84. The summed E-state index contributed by atoms with van der Waals surface area (Å²) in [6, 6.07) is 13.5. The van der Waals surface area contributed by atoms with Gasteiger partial charge < -0.3 is 14.8 Å². The van der Waals surface area contributed by atoms with Crippen LogP contribution in [0.25, 0.3) is 11.3 Å². The van der Waals surface area contributed by atoms with Gasteiger partial charge in [-0.3, -0.25) is 9.59 Å². The molecule has 0 bridgehead atoms.